The maximum absolute atomic E-state index is 5.22. The Kier molecular flexibility index (Phi) is 4.00. The van der Waals surface area contributed by atoms with E-state index in [1.165, 1.54) is 16.3 Å². The lowest BCUT2D eigenvalue weighted by atomic mass is 10.1. The van der Waals surface area contributed by atoms with Crippen molar-refractivity contribution in [3.8, 4) is 5.75 Å². The van der Waals surface area contributed by atoms with Crippen LogP contribution in [0.4, 0.5) is 0 Å². The minimum Gasteiger partial charge on any atom is -0.497 e. The highest BCUT2D eigenvalue weighted by Gasteiger charge is 2.00. The van der Waals surface area contributed by atoms with E-state index < -0.39 is 0 Å². The molecule has 0 bridgehead atoms. The van der Waals surface area contributed by atoms with Crippen LogP contribution in [-0.2, 0) is 6.54 Å². The number of benzene rings is 2. The molecule has 0 fully saturated rings. The standard InChI is InChI=1S/C16H19NO/c1-4-12(2)17-11-13-5-6-15-10-16(18-3)8-7-14(15)9-13/h4-10,12,17H,1,11H2,2-3H3. The van der Waals surface area contributed by atoms with Gasteiger partial charge in [0.05, 0.1) is 7.11 Å². The summed E-state index contributed by atoms with van der Waals surface area (Å²) in [6.45, 7) is 6.72. The Balaban J connectivity index is 2.19. The average molecular weight is 241 g/mol. The van der Waals surface area contributed by atoms with E-state index in [4.69, 9.17) is 4.74 Å². The molecule has 2 aromatic rings. The Hall–Kier alpha value is -1.80. The van der Waals surface area contributed by atoms with Gasteiger partial charge in [0.15, 0.2) is 0 Å². The lowest BCUT2D eigenvalue weighted by Gasteiger charge is -2.10. The number of fused-ring (bicyclic) bond motifs is 1. The summed E-state index contributed by atoms with van der Waals surface area (Å²) < 4.78 is 5.22. The molecule has 0 aliphatic carbocycles. The van der Waals surface area contributed by atoms with Gasteiger partial charge in [0.1, 0.15) is 5.75 Å². The number of hydrogen-bond donors (Lipinski definition) is 1. The molecule has 2 heteroatoms. The largest absolute Gasteiger partial charge is 0.497 e. The van der Waals surface area contributed by atoms with Gasteiger partial charge < -0.3 is 10.1 Å². The van der Waals surface area contributed by atoms with Crippen LogP contribution in [0.25, 0.3) is 10.8 Å². The van der Waals surface area contributed by atoms with E-state index in [-0.39, 0.29) is 0 Å². The lowest BCUT2D eigenvalue weighted by Crippen LogP contribution is -2.22. The lowest BCUT2D eigenvalue weighted by molar-refractivity contribution is 0.415. The molecule has 94 valence electrons. The summed E-state index contributed by atoms with van der Waals surface area (Å²) in [5.41, 5.74) is 1.28. The first-order valence-electron chi connectivity index (χ1n) is 6.15. The molecular formula is C16H19NO. The van der Waals surface area contributed by atoms with Gasteiger partial charge in [-0.25, -0.2) is 0 Å². The number of ether oxygens (including phenoxy) is 1. The maximum atomic E-state index is 5.22. The van der Waals surface area contributed by atoms with Crippen LogP contribution in [0.3, 0.4) is 0 Å². The zero-order valence-corrected chi connectivity index (χ0v) is 10.9. The van der Waals surface area contributed by atoms with Crippen LogP contribution >= 0.6 is 0 Å². The third-order valence-corrected chi connectivity index (χ3v) is 3.09. The Bertz CT molecular complexity index is 548. The quantitative estimate of drug-likeness (QED) is 0.809. The third-order valence-electron chi connectivity index (χ3n) is 3.09. The summed E-state index contributed by atoms with van der Waals surface area (Å²) in [5.74, 6) is 0.897. The molecule has 0 aromatic heterocycles. The minimum atomic E-state index is 0.330. The summed E-state index contributed by atoms with van der Waals surface area (Å²) in [6, 6.07) is 13.0. The zero-order chi connectivity index (χ0) is 13.0. The summed E-state index contributed by atoms with van der Waals surface area (Å²) in [5, 5.41) is 5.83. The van der Waals surface area contributed by atoms with Crippen molar-refractivity contribution in [3.63, 3.8) is 0 Å². The van der Waals surface area contributed by atoms with Gasteiger partial charge in [-0.1, -0.05) is 24.3 Å². The van der Waals surface area contributed by atoms with Crippen LogP contribution in [-0.4, -0.2) is 13.2 Å². The summed E-state index contributed by atoms with van der Waals surface area (Å²) in [7, 11) is 1.69. The van der Waals surface area contributed by atoms with Crippen molar-refractivity contribution in [2.24, 2.45) is 0 Å². The molecular weight excluding hydrogens is 222 g/mol. The van der Waals surface area contributed by atoms with Gasteiger partial charge >= 0.3 is 0 Å². The van der Waals surface area contributed by atoms with Gasteiger partial charge in [-0.15, -0.1) is 6.58 Å². The molecule has 2 rings (SSSR count). The molecule has 0 aliphatic heterocycles. The maximum Gasteiger partial charge on any atom is 0.119 e. The molecule has 0 spiro atoms. The SMILES string of the molecule is C=CC(C)NCc1ccc2cc(OC)ccc2c1. The monoisotopic (exact) mass is 241 g/mol. The van der Waals surface area contributed by atoms with Crippen molar-refractivity contribution in [1.82, 2.24) is 5.32 Å². The van der Waals surface area contributed by atoms with Gasteiger partial charge in [0, 0.05) is 12.6 Å². The number of rotatable bonds is 5. The fourth-order valence-corrected chi connectivity index (χ4v) is 1.87. The Morgan fingerprint density at radius 1 is 1.22 bits per heavy atom. The molecule has 0 aliphatic rings. The molecule has 1 atom stereocenters. The Morgan fingerprint density at radius 2 is 1.94 bits per heavy atom. The zero-order valence-electron chi connectivity index (χ0n) is 10.9. The van der Waals surface area contributed by atoms with E-state index >= 15 is 0 Å². The van der Waals surface area contributed by atoms with Gasteiger partial charge in [-0.05, 0) is 41.5 Å². The Labute approximate surface area is 108 Å². The normalized spacial score (nSPS) is 12.3. The highest BCUT2D eigenvalue weighted by molar-refractivity contribution is 5.84. The van der Waals surface area contributed by atoms with Crippen LogP contribution < -0.4 is 10.1 Å². The van der Waals surface area contributed by atoms with E-state index in [0.29, 0.717) is 6.04 Å². The molecule has 0 saturated carbocycles. The fourth-order valence-electron chi connectivity index (χ4n) is 1.87. The molecule has 2 nitrogen and oxygen atoms in total. The van der Waals surface area contributed by atoms with Crippen molar-refractivity contribution < 1.29 is 4.74 Å². The van der Waals surface area contributed by atoms with Gasteiger partial charge in [0.25, 0.3) is 0 Å². The molecule has 18 heavy (non-hydrogen) atoms. The van der Waals surface area contributed by atoms with E-state index in [0.717, 1.165) is 12.3 Å². The van der Waals surface area contributed by atoms with Crippen LogP contribution in [0.2, 0.25) is 0 Å². The highest BCUT2D eigenvalue weighted by atomic mass is 16.5. The topological polar surface area (TPSA) is 21.3 Å². The van der Waals surface area contributed by atoms with Crippen molar-refractivity contribution in [2.75, 3.05) is 7.11 Å². The third kappa shape index (κ3) is 2.90. The van der Waals surface area contributed by atoms with Crippen molar-refractivity contribution >= 4 is 10.8 Å². The average Bonchev–Trinajstić information content (AvgIpc) is 2.43. The number of hydrogen-bond acceptors (Lipinski definition) is 2. The van der Waals surface area contributed by atoms with Crippen LogP contribution in [0.5, 0.6) is 5.75 Å². The molecule has 0 radical (unpaired) electrons. The highest BCUT2D eigenvalue weighted by Crippen LogP contribution is 2.21. The van der Waals surface area contributed by atoms with Gasteiger partial charge in [0.2, 0.25) is 0 Å². The van der Waals surface area contributed by atoms with E-state index in [1.807, 2.05) is 12.1 Å². The minimum absolute atomic E-state index is 0.330. The second kappa shape index (κ2) is 5.69. The van der Waals surface area contributed by atoms with Crippen molar-refractivity contribution in [1.29, 1.82) is 0 Å². The predicted molar refractivity (Wildman–Crippen MR) is 77.0 cm³/mol. The van der Waals surface area contributed by atoms with Gasteiger partial charge in [-0.2, -0.15) is 0 Å². The fraction of sp³-hybridized carbons (Fsp3) is 0.250. The van der Waals surface area contributed by atoms with Crippen molar-refractivity contribution in [2.45, 2.75) is 19.5 Å². The van der Waals surface area contributed by atoms with E-state index in [1.54, 1.807) is 7.11 Å². The molecule has 0 heterocycles. The predicted octanol–water partition coefficient (Wildman–Crippen LogP) is 3.51. The summed E-state index contributed by atoms with van der Waals surface area (Å²) in [6.07, 6.45) is 1.91. The molecule has 0 saturated heterocycles. The van der Waals surface area contributed by atoms with E-state index in [9.17, 15) is 0 Å². The smallest absolute Gasteiger partial charge is 0.119 e. The van der Waals surface area contributed by atoms with Crippen LogP contribution in [0.15, 0.2) is 49.1 Å². The number of methoxy groups -OCH3 is 1. The first-order valence-corrected chi connectivity index (χ1v) is 6.15. The van der Waals surface area contributed by atoms with Gasteiger partial charge in [-0.3, -0.25) is 0 Å². The second-order valence-electron chi connectivity index (χ2n) is 4.45. The van der Waals surface area contributed by atoms with Crippen molar-refractivity contribution in [3.05, 3.63) is 54.6 Å². The first-order chi connectivity index (χ1) is 8.72. The first kappa shape index (κ1) is 12.7. The van der Waals surface area contributed by atoms with Crippen LogP contribution in [0, 0.1) is 0 Å². The molecule has 2 aromatic carbocycles. The molecule has 1 N–H and O–H groups in total. The molecule has 0 amide bonds. The summed E-state index contributed by atoms with van der Waals surface area (Å²) >= 11 is 0. The van der Waals surface area contributed by atoms with Crippen LogP contribution in [0.1, 0.15) is 12.5 Å². The Morgan fingerprint density at radius 3 is 2.67 bits per heavy atom. The van der Waals surface area contributed by atoms with E-state index in [2.05, 4.69) is 49.2 Å². The summed E-state index contributed by atoms with van der Waals surface area (Å²) in [4.78, 5) is 0. The second-order valence-corrected chi connectivity index (χ2v) is 4.45. The molecule has 1 unspecified atom stereocenters. The number of nitrogens with one attached hydrogen (secondary N) is 1.